The van der Waals surface area contributed by atoms with E-state index in [9.17, 15) is 0 Å². The zero-order valence-electron chi connectivity index (χ0n) is 32.7. The van der Waals surface area contributed by atoms with Crippen LogP contribution in [0.3, 0.4) is 0 Å². The summed E-state index contributed by atoms with van der Waals surface area (Å²) in [6.07, 6.45) is 0. The van der Waals surface area contributed by atoms with Gasteiger partial charge in [0.15, 0.2) is 17.5 Å². The van der Waals surface area contributed by atoms with Crippen LogP contribution in [0.2, 0.25) is 0 Å². The highest BCUT2D eigenvalue weighted by molar-refractivity contribution is 7.25. The molecule has 1 aliphatic carbocycles. The third kappa shape index (κ3) is 4.76. The number of nitrogens with zero attached hydrogens (tertiary/aromatic N) is 3. The van der Waals surface area contributed by atoms with Gasteiger partial charge in [0.2, 0.25) is 0 Å². The van der Waals surface area contributed by atoms with E-state index >= 15 is 0 Å². The highest BCUT2D eigenvalue weighted by Gasteiger charge is 2.35. The average Bonchev–Trinajstić information content (AvgIpc) is 4.04. The van der Waals surface area contributed by atoms with Gasteiger partial charge in [0, 0.05) is 58.3 Å². The molecule has 0 bridgehead atoms. The van der Waals surface area contributed by atoms with E-state index in [4.69, 9.17) is 23.8 Å². The first kappa shape index (κ1) is 33.6. The van der Waals surface area contributed by atoms with E-state index < -0.39 is 0 Å². The number of furan rings is 2. The second kappa shape index (κ2) is 12.3. The third-order valence-corrected chi connectivity index (χ3v) is 13.7. The molecule has 0 unspecified atom stereocenters. The molecular weight excluding hydrogens is 755 g/mol. The standard InChI is InChI=1S/C54H33N3O2S/c1-54(2)41-19-6-3-12-32(41)33-26-24-31(29-42(33)54)30-25-27-44-40(28-30)48-37(16-10-21-45(48)58-44)51-55-52(38-17-11-23-47-49(38)36-14-5-8-22-46(36)60-47)57-53(56-51)39-18-9-15-35-34-13-4-7-20-43(34)59-50(35)39/h3-29H,1-2H3. The average molecular weight is 788 g/mol. The summed E-state index contributed by atoms with van der Waals surface area (Å²) < 4.78 is 15.6. The minimum atomic E-state index is -0.0953. The lowest BCUT2D eigenvalue weighted by Crippen LogP contribution is -2.14. The van der Waals surface area contributed by atoms with Crippen LogP contribution in [-0.4, -0.2) is 15.0 Å². The second-order valence-electron chi connectivity index (χ2n) is 16.3. The van der Waals surface area contributed by atoms with Crippen LogP contribution in [0, 0.1) is 0 Å². The number of thiophene rings is 1. The molecule has 0 radical (unpaired) electrons. The van der Waals surface area contributed by atoms with Gasteiger partial charge in [-0.2, -0.15) is 0 Å². The lowest BCUT2D eigenvalue weighted by atomic mass is 9.81. The van der Waals surface area contributed by atoms with Crippen molar-refractivity contribution < 1.29 is 8.83 Å². The molecule has 1 aliphatic rings. The Bertz CT molecular complexity index is 3770. The van der Waals surface area contributed by atoms with Crippen LogP contribution in [-0.2, 0) is 5.41 Å². The van der Waals surface area contributed by atoms with Crippen LogP contribution in [0.25, 0.3) is 120 Å². The highest BCUT2D eigenvalue weighted by Crippen LogP contribution is 2.50. The van der Waals surface area contributed by atoms with E-state index in [0.717, 1.165) is 71.5 Å². The van der Waals surface area contributed by atoms with Crippen molar-refractivity contribution >= 4 is 75.4 Å². The first-order chi connectivity index (χ1) is 29.5. The zero-order chi connectivity index (χ0) is 39.7. The predicted molar refractivity (Wildman–Crippen MR) is 247 cm³/mol. The Labute approximate surface area is 348 Å². The summed E-state index contributed by atoms with van der Waals surface area (Å²) in [7, 11) is 0. The van der Waals surface area contributed by atoms with Gasteiger partial charge in [-0.25, -0.2) is 15.0 Å². The van der Waals surface area contributed by atoms with Crippen molar-refractivity contribution in [2.75, 3.05) is 0 Å². The maximum atomic E-state index is 6.59. The fourth-order valence-corrected chi connectivity index (χ4v) is 10.8. The van der Waals surface area contributed by atoms with Crippen LogP contribution < -0.4 is 0 Å². The van der Waals surface area contributed by atoms with E-state index in [0.29, 0.717) is 17.5 Å². The summed E-state index contributed by atoms with van der Waals surface area (Å²) >= 11 is 1.78. The SMILES string of the molecule is CC1(C)c2ccccc2-c2ccc(-c3ccc4oc5cccc(-c6nc(-c7cccc8c7oc7ccccc78)nc(-c7cccc8sc9ccccc9c78)n6)c5c4c3)cc21. The number of fused-ring (bicyclic) bond motifs is 12. The summed E-state index contributed by atoms with van der Waals surface area (Å²) in [6.45, 7) is 4.65. The monoisotopic (exact) mass is 787 g/mol. The maximum Gasteiger partial charge on any atom is 0.167 e. The number of hydrogen-bond acceptors (Lipinski definition) is 6. The Morgan fingerprint density at radius 2 is 0.983 bits per heavy atom. The predicted octanol–water partition coefficient (Wildman–Crippen LogP) is 15.0. The van der Waals surface area contributed by atoms with Crippen molar-refractivity contribution in [2.24, 2.45) is 0 Å². The fraction of sp³-hybridized carbons (Fsp3) is 0.0556. The Balaban J connectivity index is 1.04. The number of para-hydroxylation sites is 2. The molecule has 6 heteroatoms. The van der Waals surface area contributed by atoms with Crippen molar-refractivity contribution in [1.82, 2.24) is 15.0 Å². The lowest BCUT2D eigenvalue weighted by Gasteiger charge is -2.22. The summed E-state index contributed by atoms with van der Waals surface area (Å²) in [5.74, 6) is 1.71. The van der Waals surface area contributed by atoms with Crippen molar-refractivity contribution in [1.29, 1.82) is 0 Å². The molecule has 0 amide bonds. The minimum absolute atomic E-state index is 0.0953. The number of aromatic nitrogens is 3. The van der Waals surface area contributed by atoms with Gasteiger partial charge in [-0.15, -0.1) is 11.3 Å². The van der Waals surface area contributed by atoms with Gasteiger partial charge >= 0.3 is 0 Å². The molecule has 13 rings (SSSR count). The molecular formula is C54H33N3O2S. The zero-order valence-corrected chi connectivity index (χ0v) is 33.5. The molecule has 0 saturated heterocycles. The van der Waals surface area contributed by atoms with Crippen molar-refractivity contribution in [3.63, 3.8) is 0 Å². The summed E-state index contributed by atoms with van der Waals surface area (Å²) in [5.41, 5.74) is 13.3. The van der Waals surface area contributed by atoms with E-state index in [1.165, 1.54) is 42.6 Å². The fourth-order valence-electron chi connectivity index (χ4n) is 9.70. The lowest BCUT2D eigenvalue weighted by molar-refractivity contribution is 0.660. The van der Waals surface area contributed by atoms with E-state index in [1.54, 1.807) is 11.3 Å². The van der Waals surface area contributed by atoms with E-state index in [-0.39, 0.29) is 5.41 Å². The second-order valence-corrected chi connectivity index (χ2v) is 17.4. The molecule has 0 saturated carbocycles. The van der Waals surface area contributed by atoms with Crippen LogP contribution in [0.5, 0.6) is 0 Å². The van der Waals surface area contributed by atoms with Gasteiger partial charge in [0.1, 0.15) is 22.3 Å². The summed E-state index contributed by atoms with van der Waals surface area (Å²) in [5, 5.41) is 6.38. The number of rotatable bonds is 4. The first-order valence-electron chi connectivity index (χ1n) is 20.3. The molecule has 12 aromatic rings. The molecule has 5 nitrogen and oxygen atoms in total. The Hall–Kier alpha value is -7.41. The Kier molecular flexibility index (Phi) is 6.88. The van der Waals surface area contributed by atoms with Crippen molar-refractivity contribution in [3.8, 4) is 56.4 Å². The Morgan fingerprint density at radius 3 is 1.87 bits per heavy atom. The van der Waals surface area contributed by atoms with Gasteiger partial charge in [-0.3, -0.25) is 0 Å². The van der Waals surface area contributed by atoms with Crippen molar-refractivity contribution in [3.05, 3.63) is 175 Å². The first-order valence-corrected chi connectivity index (χ1v) is 21.1. The van der Waals surface area contributed by atoms with Gasteiger partial charge in [0.25, 0.3) is 0 Å². The summed E-state index contributed by atoms with van der Waals surface area (Å²) in [4.78, 5) is 16.0. The molecule has 4 heterocycles. The molecule has 4 aromatic heterocycles. The Morgan fingerprint density at radius 1 is 0.400 bits per heavy atom. The molecule has 0 atom stereocenters. The highest BCUT2D eigenvalue weighted by atomic mass is 32.1. The maximum absolute atomic E-state index is 6.59. The molecule has 0 spiro atoms. The molecule has 0 N–H and O–H groups in total. The topological polar surface area (TPSA) is 65.0 Å². The molecule has 60 heavy (non-hydrogen) atoms. The van der Waals surface area contributed by atoms with Crippen LogP contribution in [0.15, 0.2) is 173 Å². The van der Waals surface area contributed by atoms with Gasteiger partial charge in [-0.1, -0.05) is 129 Å². The normalized spacial score (nSPS) is 13.3. The summed E-state index contributed by atoms with van der Waals surface area (Å²) in [6, 6.07) is 57.7. The largest absolute Gasteiger partial charge is 0.456 e. The molecule has 282 valence electrons. The molecule has 0 fully saturated rings. The smallest absolute Gasteiger partial charge is 0.167 e. The van der Waals surface area contributed by atoms with Crippen molar-refractivity contribution in [2.45, 2.75) is 19.3 Å². The number of hydrogen-bond donors (Lipinski definition) is 0. The van der Waals surface area contributed by atoms with Crippen LogP contribution in [0.4, 0.5) is 0 Å². The quantitative estimate of drug-likeness (QED) is 0.178. The van der Waals surface area contributed by atoms with Crippen LogP contribution in [0.1, 0.15) is 25.0 Å². The van der Waals surface area contributed by atoms with Gasteiger partial charge < -0.3 is 8.83 Å². The molecule has 8 aromatic carbocycles. The van der Waals surface area contributed by atoms with Gasteiger partial charge in [-0.05, 0) is 81.9 Å². The van der Waals surface area contributed by atoms with Crippen LogP contribution >= 0.6 is 11.3 Å². The minimum Gasteiger partial charge on any atom is -0.456 e. The molecule has 0 aliphatic heterocycles. The number of benzene rings is 8. The third-order valence-electron chi connectivity index (χ3n) is 12.6. The van der Waals surface area contributed by atoms with E-state index in [2.05, 4.69) is 141 Å². The van der Waals surface area contributed by atoms with E-state index in [1.807, 2.05) is 36.4 Å². The van der Waals surface area contributed by atoms with Gasteiger partial charge in [0.05, 0.1) is 5.56 Å².